The van der Waals surface area contributed by atoms with Gasteiger partial charge in [0, 0.05) is 6.54 Å². The number of carbonyl (C=O) groups is 1. The van der Waals surface area contributed by atoms with Crippen molar-refractivity contribution in [3.05, 3.63) is 35.4 Å². The van der Waals surface area contributed by atoms with Gasteiger partial charge in [0.1, 0.15) is 6.04 Å². The van der Waals surface area contributed by atoms with Crippen LogP contribution in [0.25, 0.3) is 0 Å². The van der Waals surface area contributed by atoms with Crippen LogP contribution in [0.15, 0.2) is 24.3 Å². The number of aryl methyl sites for hydroxylation is 2. The summed E-state index contributed by atoms with van der Waals surface area (Å²) in [6.07, 6.45) is -2.49. The van der Waals surface area contributed by atoms with Gasteiger partial charge in [-0.3, -0.25) is 10.2 Å². The van der Waals surface area contributed by atoms with Crippen molar-refractivity contribution in [1.29, 1.82) is 0 Å². The Labute approximate surface area is 141 Å². The van der Waals surface area contributed by atoms with E-state index in [4.69, 9.17) is 0 Å². The van der Waals surface area contributed by atoms with Crippen LogP contribution in [0.2, 0.25) is 0 Å². The van der Waals surface area contributed by atoms with Gasteiger partial charge in [0.05, 0.1) is 5.41 Å². The molecule has 0 radical (unpaired) electrons. The number of amides is 1. The van der Waals surface area contributed by atoms with Crippen LogP contribution in [-0.4, -0.2) is 29.7 Å². The van der Waals surface area contributed by atoms with Gasteiger partial charge in [0.15, 0.2) is 0 Å². The number of hydrogen-bond donors (Lipinski definition) is 1. The van der Waals surface area contributed by atoms with Crippen LogP contribution in [0.1, 0.15) is 44.7 Å². The molecule has 1 N–H and O–H groups in total. The summed E-state index contributed by atoms with van der Waals surface area (Å²) in [5.74, 6) is -0.354. The molecule has 1 saturated heterocycles. The molecule has 0 aromatic heterocycles. The zero-order valence-corrected chi connectivity index (χ0v) is 14.4. The maximum atomic E-state index is 13.4. The Hall–Kier alpha value is -1.56. The second-order valence-corrected chi connectivity index (χ2v) is 7.02. The third-order valence-electron chi connectivity index (χ3n) is 4.60. The summed E-state index contributed by atoms with van der Waals surface area (Å²) in [4.78, 5) is 11.8. The highest BCUT2D eigenvalue weighted by Crippen LogP contribution is 2.33. The van der Waals surface area contributed by atoms with Gasteiger partial charge in [-0.1, -0.05) is 31.2 Å². The number of nitrogens with zero attached hydrogens (tertiary/aromatic N) is 1. The van der Waals surface area contributed by atoms with E-state index in [1.54, 1.807) is 13.8 Å². The SMILES string of the molecule is CCc1ccccc1CCCC(N1CC(C)(C)C(=O)N1)C(F)(F)F. The fraction of sp³-hybridized carbons (Fsp3) is 0.611. The Morgan fingerprint density at radius 2 is 1.88 bits per heavy atom. The fourth-order valence-corrected chi connectivity index (χ4v) is 3.14. The van der Waals surface area contributed by atoms with E-state index in [9.17, 15) is 18.0 Å². The summed E-state index contributed by atoms with van der Waals surface area (Å²) in [7, 11) is 0. The second-order valence-electron chi connectivity index (χ2n) is 7.02. The molecule has 2 rings (SSSR count). The zero-order valence-electron chi connectivity index (χ0n) is 14.4. The minimum atomic E-state index is -4.36. The molecule has 1 heterocycles. The van der Waals surface area contributed by atoms with Crippen molar-refractivity contribution in [2.24, 2.45) is 5.41 Å². The number of carbonyl (C=O) groups excluding carboxylic acids is 1. The lowest BCUT2D eigenvalue weighted by molar-refractivity contribution is -0.190. The fourth-order valence-electron chi connectivity index (χ4n) is 3.14. The predicted octanol–water partition coefficient (Wildman–Crippen LogP) is 3.88. The van der Waals surface area contributed by atoms with Gasteiger partial charge < -0.3 is 0 Å². The summed E-state index contributed by atoms with van der Waals surface area (Å²) in [6, 6.07) is 6.21. The van der Waals surface area contributed by atoms with Gasteiger partial charge >= 0.3 is 6.18 Å². The zero-order chi connectivity index (χ0) is 18.0. The molecule has 1 aromatic carbocycles. The molecular weight excluding hydrogens is 317 g/mol. The number of nitrogens with one attached hydrogen (secondary N) is 1. The molecule has 1 unspecified atom stereocenters. The van der Waals surface area contributed by atoms with Crippen LogP contribution in [0, 0.1) is 5.41 Å². The smallest absolute Gasteiger partial charge is 0.288 e. The molecule has 1 aromatic rings. The van der Waals surface area contributed by atoms with E-state index in [2.05, 4.69) is 5.43 Å². The summed E-state index contributed by atoms with van der Waals surface area (Å²) in [6.45, 7) is 5.43. The molecule has 1 amide bonds. The number of hydrazine groups is 1. The largest absolute Gasteiger partial charge is 0.405 e. The van der Waals surface area contributed by atoms with Gasteiger partial charge in [-0.05, 0) is 50.7 Å². The first kappa shape index (κ1) is 18.8. The van der Waals surface area contributed by atoms with Crippen molar-refractivity contribution in [3.63, 3.8) is 0 Å². The molecule has 0 bridgehead atoms. The maximum Gasteiger partial charge on any atom is 0.405 e. The Morgan fingerprint density at radius 3 is 2.38 bits per heavy atom. The van der Waals surface area contributed by atoms with Crippen molar-refractivity contribution in [1.82, 2.24) is 10.4 Å². The molecule has 6 heteroatoms. The van der Waals surface area contributed by atoms with Crippen molar-refractivity contribution in [2.75, 3.05) is 6.54 Å². The highest BCUT2D eigenvalue weighted by Gasteiger charge is 2.49. The van der Waals surface area contributed by atoms with E-state index in [0.29, 0.717) is 12.8 Å². The van der Waals surface area contributed by atoms with Crippen LogP contribution in [-0.2, 0) is 17.6 Å². The van der Waals surface area contributed by atoms with Gasteiger partial charge in [-0.15, -0.1) is 0 Å². The molecule has 1 atom stereocenters. The lowest BCUT2D eigenvalue weighted by atomic mass is 9.93. The summed E-state index contributed by atoms with van der Waals surface area (Å²) >= 11 is 0. The van der Waals surface area contributed by atoms with E-state index in [1.165, 1.54) is 5.56 Å². The van der Waals surface area contributed by atoms with Crippen LogP contribution >= 0.6 is 0 Å². The minimum Gasteiger partial charge on any atom is -0.288 e. The topological polar surface area (TPSA) is 32.3 Å². The Morgan fingerprint density at radius 1 is 1.25 bits per heavy atom. The van der Waals surface area contributed by atoms with Crippen molar-refractivity contribution >= 4 is 5.91 Å². The van der Waals surface area contributed by atoms with E-state index < -0.39 is 17.6 Å². The molecule has 0 saturated carbocycles. The third-order valence-corrected chi connectivity index (χ3v) is 4.60. The second kappa shape index (κ2) is 7.13. The van der Waals surface area contributed by atoms with Crippen LogP contribution in [0.4, 0.5) is 13.2 Å². The maximum absolute atomic E-state index is 13.4. The number of benzene rings is 1. The molecule has 0 spiro atoms. The Balaban J connectivity index is 2.02. The van der Waals surface area contributed by atoms with Gasteiger partial charge in [-0.2, -0.15) is 13.2 Å². The molecule has 0 aliphatic carbocycles. The first-order chi connectivity index (χ1) is 11.1. The monoisotopic (exact) mass is 342 g/mol. The lowest BCUT2D eigenvalue weighted by Crippen LogP contribution is -2.50. The summed E-state index contributed by atoms with van der Waals surface area (Å²) in [5.41, 5.74) is 3.88. The van der Waals surface area contributed by atoms with Crippen molar-refractivity contribution in [2.45, 2.75) is 58.7 Å². The van der Waals surface area contributed by atoms with Crippen LogP contribution < -0.4 is 5.43 Å². The molecule has 3 nitrogen and oxygen atoms in total. The number of halogens is 3. The number of alkyl halides is 3. The molecule has 1 aliphatic rings. The third kappa shape index (κ3) is 4.29. The van der Waals surface area contributed by atoms with Crippen LogP contribution in [0.5, 0.6) is 0 Å². The van der Waals surface area contributed by atoms with Gasteiger partial charge in [-0.25, -0.2) is 5.01 Å². The number of hydrogen-bond acceptors (Lipinski definition) is 2. The normalized spacial score (nSPS) is 19.3. The molecule has 134 valence electrons. The molecule has 1 aliphatic heterocycles. The quantitative estimate of drug-likeness (QED) is 0.851. The van der Waals surface area contributed by atoms with Crippen LogP contribution in [0.3, 0.4) is 0 Å². The first-order valence-corrected chi connectivity index (χ1v) is 8.36. The standard InChI is InChI=1S/C18H25F3N2O/c1-4-13-8-5-6-9-14(13)10-7-11-15(18(19,20)21)23-12-17(2,3)16(24)22-23/h5-6,8-9,15H,4,7,10-12H2,1-3H3,(H,22,24). The van der Waals surface area contributed by atoms with Gasteiger partial charge in [0.2, 0.25) is 5.91 Å². The minimum absolute atomic E-state index is 0.0299. The average molecular weight is 342 g/mol. The predicted molar refractivity (Wildman–Crippen MR) is 87.2 cm³/mol. The first-order valence-electron chi connectivity index (χ1n) is 8.36. The Kier molecular flexibility index (Phi) is 5.58. The van der Waals surface area contributed by atoms with Gasteiger partial charge in [0.25, 0.3) is 0 Å². The van der Waals surface area contributed by atoms with E-state index >= 15 is 0 Å². The van der Waals surface area contributed by atoms with Crippen molar-refractivity contribution < 1.29 is 18.0 Å². The average Bonchev–Trinajstić information content (AvgIpc) is 2.76. The van der Waals surface area contributed by atoms with E-state index in [-0.39, 0.29) is 18.9 Å². The molecule has 1 fully saturated rings. The summed E-state index contributed by atoms with van der Waals surface area (Å²) in [5, 5.41) is 1.06. The van der Waals surface area contributed by atoms with Crippen molar-refractivity contribution in [3.8, 4) is 0 Å². The molecular formula is C18H25F3N2O. The molecule has 24 heavy (non-hydrogen) atoms. The highest BCUT2D eigenvalue weighted by molar-refractivity contribution is 5.83. The number of rotatable bonds is 6. The highest BCUT2D eigenvalue weighted by atomic mass is 19.4. The van der Waals surface area contributed by atoms with E-state index in [1.807, 2.05) is 31.2 Å². The lowest BCUT2D eigenvalue weighted by Gasteiger charge is -2.29. The Bertz CT molecular complexity index is 584. The summed E-state index contributed by atoms with van der Waals surface area (Å²) < 4.78 is 40.3. The van der Waals surface area contributed by atoms with E-state index in [0.717, 1.165) is 17.0 Å².